The van der Waals surface area contributed by atoms with Gasteiger partial charge in [0.2, 0.25) is 0 Å². The molecule has 1 amide bonds. The highest BCUT2D eigenvalue weighted by molar-refractivity contribution is 5.92. The van der Waals surface area contributed by atoms with E-state index in [1.54, 1.807) is 12.1 Å². The summed E-state index contributed by atoms with van der Waals surface area (Å²) in [6, 6.07) is 13.5. The number of benzene rings is 2. The lowest BCUT2D eigenvalue weighted by Crippen LogP contribution is -2.22. The molecule has 156 valence electrons. The molecule has 2 aromatic carbocycles. The Morgan fingerprint density at radius 2 is 1.72 bits per heavy atom. The second-order valence-electron chi connectivity index (χ2n) is 9.18. The summed E-state index contributed by atoms with van der Waals surface area (Å²) in [5, 5.41) is 2.85. The van der Waals surface area contributed by atoms with Crippen LogP contribution in [0.1, 0.15) is 52.7 Å². The summed E-state index contributed by atoms with van der Waals surface area (Å²) in [6.45, 7) is 17.0. The van der Waals surface area contributed by atoms with Gasteiger partial charge in [0.05, 0.1) is 0 Å². The van der Waals surface area contributed by atoms with Crippen molar-refractivity contribution in [2.24, 2.45) is 0 Å². The van der Waals surface area contributed by atoms with E-state index in [1.165, 1.54) is 5.56 Å². The number of rotatable bonds is 7. The number of carbonyl (C=O) groups is 1. The third-order valence-corrected chi connectivity index (χ3v) is 4.50. The fourth-order valence-corrected chi connectivity index (χ4v) is 2.87. The van der Waals surface area contributed by atoms with E-state index < -0.39 is 0 Å². The van der Waals surface area contributed by atoms with Gasteiger partial charge in [0.15, 0.2) is 6.61 Å². The molecule has 0 radical (unpaired) electrons. The van der Waals surface area contributed by atoms with E-state index in [0.717, 1.165) is 11.3 Å². The molecule has 2 aromatic rings. The smallest absolute Gasteiger partial charge is 0.262 e. The number of hydrogen-bond acceptors (Lipinski definition) is 3. The van der Waals surface area contributed by atoms with Gasteiger partial charge < -0.3 is 14.8 Å². The molecule has 0 aliphatic heterocycles. The maximum absolute atomic E-state index is 12.4. The van der Waals surface area contributed by atoms with E-state index in [4.69, 9.17) is 9.47 Å². The van der Waals surface area contributed by atoms with E-state index in [-0.39, 0.29) is 23.3 Å². The van der Waals surface area contributed by atoms with Gasteiger partial charge in [0, 0.05) is 11.8 Å². The molecule has 4 nitrogen and oxygen atoms in total. The van der Waals surface area contributed by atoms with Crippen LogP contribution < -0.4 is 14.8 Å². The quantitative estimate of drug-likeness (QED) is 0.597. The molecule has 0 saturated heterocycles. The third kappa shape index (κ3) is 6.67. The molecule has 0 aliphatic carbocycles. The minimum Gasteiger partial charge on any atom is -0.489 e. The van der Waals surface area contributed by atoms with Crippen molar-refractivity contribution >= 4 is 11.6 Å². The van der Waals surface area contributed by atoms with Crippen molar-refractivity contribution in [1.29, 1.82) is 0 Å². The van der Waals surface area contributed by atoms with Gasteiger partial charge in [-0.15, -0.1) is 0 Å². The van der Waals surface area contributed by atoms with Gasteiger partial charge in [0.25, 0.3) is 5.91 Å². The van der Waals surface area contributed by atoms with Crippen LogP contribution in [0.25, 0.3) is 0 Å². The van der Waals surface area contributed by atoms with Gasteiger partial charge in [-0.1, -0.05) is 72.4 Å². The number of nitrogens with one attached hydrogen (secondary N) is 1. The van der Waals surface area contributed by atoms with Crippen LogP contribution >= 0.6 is 0 Å². The highest BCUT2D eigenvalue weighted by Gasteiger charge is 2.23. The Morgan fingerprint density at radius 3 is 2.34 bits per heavy atom. The monoisotopic (exact) mass is 395 g/mol. The summed E-state index contributed by atoms with van der Waals surface area (Å²) in [7, 11) is 0. The molecule has 0 aliphatic rings. The molecule has 1 N–H and O–H groups in total. The molecular weight excluding hydrogens is 362 g/mol. The van der Waals surface area contributed by atoms with Crippen LogP contribution in [0, 0.1) is 0 Å². The van der Waals surface area contributed by atoms with Crippen LogP contribution in [0.4, 0.5) is 5.69 Å². The summed E-state index contributed by atoms with van der Waals surface area (Å²) in [6.07, 6.45) is 1.68. The summed E-state index contributed by atoms with van der Waals surface area (Å²) in [5.74, 6) is 1.20. The largest absolute Gasteiger partial charge is 0.489 e. The second kappa shape index (κ2) is 9.17. The molecule has 0 fully saturated rings. The average molecular weight is 396 g/mol. The van der Waals surface area contributed by atoms with Gasteiger partial charge >= 0.3 is 0 Å². The van der Waals surface area contributed by atoms with E-state index in [1.807, 2.05) is 24.3 Å². The van der Waals surface area contributed by atoms with Gasteiger partial charge in [-0.25, -0.2) is 0 Å². The highest BCUT2D eigenvalue weighted by Crippen LogP contribution is 2.35. The molecule has 0 saturated carbocycles. The predicted molar refractivity (Wildman–Crippen MR) is 120 cm³/mol. The standard InChI is InChI=1S/C25H33NO3/c1-8-14-28-20-11-9-10-19(16-20)26-23(27)17-29-22-13-12-18(24(2,3)4)15-21(22)25(5,6)7/h8-13,15-16H,1,14,17H2,2-7H3,(H,26,27). The Hall–Kier alpha value is -2.75. The van der Waals surface area contributed by atoms with Crippen LogP contribution in [-0.2, 0) is 15.6 Å². The molecule has 0 aromatic heterocycles. The zero-order chi connectivity index (χ0) is 21.7. The molecule has 29 heavy (non-hydrogen) atoms. The van der Waals surface area contributed by atoms with E-state index in [2.05, 4.69) is 65.6 Å². The zero-order valence-corrected chi connectivity index (χ0v) is 18.5. The fourth-order valence-electron chi connectivity index (χ4n) is 2.87. The fraction of sp³-hybridized carbons (Fsp3) is 0.400. The van der Waals surface area contributed by atoms with E-state index in [9.17, 15) is 4.79 Å². The maximum Gasteiger partial charge on any atom is 0.262 e. The summed E-state index contributed by atoms with van der Waals surface area (Å²) < 4.78 is 11.4. The second-order valence-corrected chi connectivity index (χ2v) is 9.18. The summed E-state index contributed by atoms with van der Waals surface area (Å²) in [5.41, 5.74) is 2.96. The minimum atomic E-state index is -0.217. The van der Waals surface area contributed by atoms with Crippen molar-refractivity contribution < 1.29 is 14.3 Å². The molecule has 0 unspecified atom stereocenters. The lowest BCUT2D eigenvalue weighted by Gasteiger charge is -2.27. The number of hydrogen-bond donors (Lipinski definition) is 1. The van der Waals surface area contributed by atoms with Crippen molar-refractivity contribution in [1.82, 2.24) is 0 Å². The molecule has 4 heteroatoms. The van der Waals surface area contributed by atoms with Crippen molar-refractivity contribution in [2.45, 2.75) is 52.4 Å². The molecule has 2 rings (SSSR count). The Labute approximate surface area is 174 Å². The first-order valence-electron chi connectivity index (χ1n) is 9.92. The SMILES string of the molecule is C=CCOc1cccc(NC(=O)COc2ccc(C(C)(C)C)cc2C(C)(C)C)c1. The number of carbonyl (C=O) groups excluding carboxylic acids is 1. The Bertz CT molecular complexity index is 857. The van der Waals surface area contributed by atoms with Crippen LogP contribution in [0.5, 0.6) is 11.5 Å². The van der Waals surface area contributed by atoms with Crippen molar-refractivity contribution in [2.75, 3.05) is 18.5 Å². The van der Waals surface area contributed by atoms with Crippen LogP contribution in [-0.4, -0.2) is 19.1 Å². The summed E-state index contributed by atoms with van der Waals surface area (Å²) in [4.78, 5) is 12.4. The minimum absolute atomic E-state index is 0.0502. The number of ether oxygens (including phenoxy) is 2. The van der Waals surface area contributed by atoms with Crippen LogP contribution in [0.15, 0.2) is 55.1 Å². The molecule has 0 atom stereocenters. The van der Waals surface area contributed by atoms with Crippen LogP contribution in [0.2, 0.25) is 0 Å². The Balaban J connectivity index is 2.09. The Morgan fingerprint density at radius 1 is 1.00 bits per heavy atom. The lowest BCUT2D eigenvalue weighted by atomic mass is 9.80. The molecule has 0 spiro atoms. The van der Waals surface area contributed by atoms with Gasteiger partial charge in [0.1, 0.15) is 18.1 Å². The van der Waals surface area contributed by atoms with E-state index in [0.29, 0.717) is 18.0 Å². The number of anilines is 1. The first-order valence-corrected chi connectivity index (χ1v) is 9.92. The normalized spacial score (nSPS) is 11.7. The molecule has 0 heterocycles. The molecule has 0 bridgehead atoms. The third-order valence-electron chi connectivity index (χ3n) is 4.50. The molecular formula is C25H33NO3. The van der Waals surface area contributed by atoms with Gasteiger partial charge in [-0.05, 0) is 40.2 Å². The van der Waals surface area contributed by atoms with Crippen molar-refractivity contribution in [3.05, 3.63) is 66.2 Å². The van der Waals surface area contributed by atoms with Gasteiger partial charge in [-0.3, -0.25) is 4.79 Å². The number of amides is 1. The topological polar surface area (TPSA) is 47.6 Å². The van der Waals surface area contributed by atoms with Crippen molar-refractivity contribution in [3.8, 4) is 11.5 Å². The predicted octanol–water partition coefficient (Wildman–Crippen LogP) is 5.86. The Kier molecular flexibility index (Phi) is 7.12. The summed E-state index contributed by atoms with van der Waals surface area (Å²) >= 11 is 0. The highest BCUT2D eigenvalue weighted by atomic mass is 16.5. The van der Waals surface area contributed by atoms with Crippen molar-refractivity contribution in [3.63, 3.8) is 0 Å². The van der Waals surface area contributed by atoms with E-state index >= 15 is 0 Å². The lowest BCUT2D eigenvalue weighted by molar-refractivity contribution is -0.118. The maximum atomic E-state index is 12.4. The zero-order valence-electron chi connectivity index (χ0n) is 18.5. The average Bonchev–Trinajstić information content (AvgIpc) is 2.63. The van der Waals surface area contributed by atoms with Crippen LogP contribution in [0.3, 0.4) is 0 Å². The first-order chi connectivity index (χ1) is 13.5. The first kappa shape index (κ1) is 22.5. The van der Waals surface area contributed by atoms with Gasteiger partial charge in [-0.2, -0.15) is 0 Å².